The van der Waals surface area contributed by atoms with Crippen LogP contribution in [0.2, 0.25) is 5.02 Å². The second-order valence-electron chi connectivity index (χ2n) is 4.40. The highest BCUT2D eigenvalue weighted by Crippen LogP contribution is 2.23. The third kappa shape index (κ3) is 3.23. The van der Waals surface area contributed by atoms with Gasteiger partial charge in [0.2, 0.25) is 5.91 Å². The highest BCUT2D eigenvalue weighted by Gasteiger charge is 2.33. The Hall–Kier alpha value is -1.17. The summed E-state index contributed by atoms with van der Waals surface area (Å²) < 4.78 is 19.0. The molecule has 0 aromatic heterocycles. The predicted molar refractivity (Wildman–Crippen MR) is 71.8 cm³/mol. The van der Waals surface area contributed by atoms with Crippen LogP contribution in [0.25, 0.3) is 0 Å². The van der Waals surface area contributed by atoms with Crippen molar-refractivity contribution in [2.45, 2.75) is 13.0 Å². The first kappa shape index (κ1) is 14.2. The number of anilines is 1. The molecule has 2 atom stereocenters. The molecular weight excluding hydrogens is 271 g/mol. The molecule has 2 N–H and O–H groups in total. The van der Waals surface area contributed by atoms with Gasteiger partial charge in [-0.2, -0.15) is 0 Å². The Labute approximate surface area is 116 Å². The molecule has 104 valence electrons. The molecule has 19 heavy (non-hydrogen) atoms. The Bertz CT molecular complexity index is 470. The summed E-state index contributed by atoms with van der Waals surface area (Å²) in [5.74, 6) is -1.20. The molecule has 0 radical (unpaired) electrons. The third-order valence-corrected chi connectivity index (χ3v) is 3.38. The van der Waals surface area contributed by atoms with E-state index in [0.717, 1.165) is 6.54 Å². The zero-order valence-electron chi connectivity index (χ0n) is 10.6. The maximum absolute atomic E-state index is 13.7. The topological polar surface area (TPSA) is 50.4 Å². The molecule has 1 heterocycles. The van der Waals surface area contributed by atoms with Crippen LogP contribution >= 0.6 is 11.6 Å². The quantitative estimate of drug-likeness (QED) is 0.891. The smallest absolute Gasteiger partial charge is 0.231 e. The van der Waals surface area contributed by atoms with Gasteiger partial charge >= 0.3 is 0 Å². The van der Waals surface area contributed by atoms with E-state index < -0.39 is 5.82 Å². The van der Waals surface area contributed by atoms with Gasteiger partial charge in [0, 0.05) is 6.04 Å². The van der Waals surface area contributed by atoms with Crippen molar-refractivity contribution in [2.24, 2.45) is 5.92 Å². The monoisotopic (exact) mass is 286 g/mol. The summed E-state index contributed by atoms with van der Waals surface area (Å²) in [6, 6.07) is 4.48. The molecule has 6 heteroatoms. The molecule has 0 spiro atoms. The Morgan fingerprint density at radius 3 is 3.05 bits per heavy atom. The lowest BCUT2D eigenvalue weighted by Crippen LogP contribution is -2.41. The first-order chi connectivity index (χ1) is 9.13. The summed E-state index contributed by atoms with van der Waals surface area (Å²) in [4.78, 5) is 12.1. The van der Waals surface area contributed by atoms with Crippen LogP contribution < -0.4 is 10.6 Å². The van der Waals surface area contributed by atoms with Gasteiger partial charge in [-0.1, -0.05) is 24.6 Å². The maximum Gasteiger partial charge on any atom is 0.231 e. The summed E-state index contributed by atoms with van der Waals surface area (Å²) in [6.07, 6.45) is 0. The standard InChI is InChI=1S/C13H16ClFN2O2/c1-2-16-11-7-19-6-8(11)13(18)17-10-5-3-4-9(14)12(10)15/h3-5,8,11,16H,2,6-7H2,1H3,(H,17,18). The lowest BCUT2D eigenvalue weighted by molar-refractivity contribution is -0.120. The van der Waals surface area contributed by atoms with Crippen LogP contribution in [0.1, 0.15) is 6.92 Å². The zero-order chi connectivity index (χ0) is 13.8. The largest absolute Gasteiger partial charge is 0.379 e. The van der Waals surface area contributed by atoms with Gasteiger partial charge in [-0.25, -0.2) is 4.39 Å². The fourth-order valence-electron chi connectivity index (χ4n) is 2.10. The summed E-state index contributed by atoms with van der Waals surface area (Å²) in [7, 11) is 0. The molecule has 1 aromatic rings. The van der Waals surface area contributed by atoms with Gasteiger partial charge in [0.15, 0.2) is 5.82 Å². The number of likely N-dealkylation sites (N-methyl/N-ethyl adjacent to an activating group) is 1. The van der Waals surface area contributed by atoms with Gasteiger partial charge < -0.3 is 15.4 Å². The SMILES string of the molecule is CCNC1COCC1C(=O)Nc1cccc(Cl)c1F. The third-order valence-electron chi connectivity index (χ3n) is 3.09. The van der Waals surface area contributed by atoms with Gasteiger partial charge in [-0.05, 0) is 18.7 Å². The summed E-state index contributed by atoms with van der Waals surface area (Å²) >= 11 is 5.67. The van der Waals surface area contributed by atoms with E-state index in [9.17, 15) is 9.18 Å². The zero-order valence-corrected chi connectivity index (χ0v) is 11.3. The molecule has 2 rings (SSSR count). The van der Waals surface area contributed by atoms with Crippen molar-refractivity contribution in [3.05, 3.63) is 29.0 Å². The van der Waals surface area contributed by atoms with E-state index in [1.807, 2.05) is 6.92 Å². The van der Waals surface area contributed by atoms with Crippen LogP contribution in [0.3, 0.4) is 0 Å². The normalized spacial score (nSPS) is 22.5. The van der Waals surface area contributed by atoms with Crippen molar-refractivity contribution < 1.29 is 13.9 Å². The number of nitrogens with one attached hydrogen (secondary N) is 2. The van der Waals surface area contributed by atoms with E-state index >= 15 is 0 Å². The van der Waals surface area contributed by atoms with Crippen LogP contribution in [0.5, 0.6) is 0 Å². The summed E-state index contributed by atoms with van der Waals surface area (Å²) in [5, 5.41) is 5.73. The first-order valence-electron chi connectivity index (χ1n) is 6.19. The molecule has 2 unspecified atom stereocenters. The molecule has 1 aliphatic rings. The minimum absolute atomic E-state index is 0.0105. The van der Waals surface area contributed by atoms with E-state index in [1.54, 1.807) is 6.07 Å². The summed E-state index contributed by atoms with van der Waals surface area (Å²) in [6.45, 7) is 3.54. The van der Waals surface area contributed by atoms with Crippen LogP contribution in [0, 0.1) is 11.7 Å². The van der Waals surface area contributed by atoms with Crippen LogP contribution in [-0.4, -0.2) is 31.7 Å². The van der Waals surface area contributed by atoms with Crippen LogP contribution in [0.15, 0.2) is 18.2 Å². The lowest BCUT2D eigenvalue weighted by atomic mass is 10.0. The number of hydrogen-bond acceptors (Lipinski definition) is 3. The average molecular weight is 287 g/mol. The second-order valence-corrected chi connectivity index (χ2v) is 4.81. The molecular formula is C13H16ClFN2O2. The highest BCUT2D eigenvalue weighted by atomic mass is 35.5. The Kier molecular flexibility index (Phi) is 4.74. The molecule has 1 aromatic carbocycles. The molecule has 1 amide bonds. The van der Waals surface area contributed by atoms with Crippen molar-refractivity contribution in [2.75, 3.05) is 25.1 Å². The van der Waals surface area contributed by atoms with Crippen LogP contribution in [-0.2, 0) is 9.53 Å². The van der Waals surface area contributed by atoms with Gasteiger partial charge in [0.1, 0.15) is 0 Å². The van der Waals surface area contributed by atoms with Gasteiger partial charge in [-0.3, -0.25) is 4.79 Å². The number of benzene rings is 1. The molecule has 0 saturated carbocycles. The first-order valence-corrected chi connectivity index (χ1v) is 6.57. The van der Waals surface area contributed by atoms with Crippen LogP contribution in [0.4, 0.5) is 10.1 Å². The number of halogens is 2. The Balaban J connectivity index is 2.06. The van der Waals surface area contributed by atoms with E-state index in [1.165, 1.54) is 12.1 Å². The van der Waals surface area contributed by atoms with E-state index in [0.29, 0.717) is 13.2 Å². The second kappa shape index (κ2) is 6.32. The molecule has 1 saturated heterocycles. The molecule has 1 aliphatic heterocycles. The van der Waals surface area contributed by atoms with Gasteiger partial charge in [0.25, 0.3) is 0 Å². The fourth-order valence-corrected chi connectivity index (χ4v) is 2.28. The maximum atomic E-state index is 13.7. The lowest BCUT2D eigenvalue weighted by Gasteiger charge is -2.18. The molecule has 1 fully saturated rings. The minimum Gasteiger partial charge on any atom is -0.379 e. The predicted octanol–water partition coefficient (Wildman–Crippen LogP) is 2.04. The van der Waals surface area contributed by atoms with Crippen molar-refractivity contribution >= 4 is 23.2 Å². The number of amides is 1. The Morgan fingerprint density at radius 2 is 2.32 bits per heavy atom. The molecule has 0 aliphatic carbocycles. The summed E-state index contributed by atoms with van der Waals surface area (Å²) in [5.41, 5.74) is 0.0969. The average Bonchev–Trinajstić information content (AvgIpc) is 2.84. The number of carbonyl (C=O) groups excluding carboxylic acids is 1. The number of ether oxygens (including phenoxy) is 1. The van der Waals surface area contributed by atoms with E-state index in [4.69, 9.17) is 16.3 Å². The van der Waals surface area contributed by atoms with Gasteiger partial charge in [-0.15, -0.1) is 0 Å². The van der Waals surface area contributed by atoms with Crippen molar-refractivity contribution in [3.63, 3.8) is 0 Å². The molecule has 0 bridgehead atoms. The fraction of sp³-hybridized carbons (Fsp3) is 0.462. The van der Waals surface area contributed by atoms with Gasteiger partial charge in [0.05, 0.1) is 29.8 Å². The molecule has 4 nitrogen and oxygen atoms in total. The number of hydrogen-bond donors (Lipinski definition) is 2. The highest BCUT2D eigenvalue weighted by molar-refractivity contribution is 6.31. The Morgan fingerprint density at radius 1 is 1.53 bits per heavy atom. The van der Waals surface area contributed by atoms with Crippen molar-refractivity contribution in [1.29, 1.82) is 0 Å². The van der Waals surface area contributed by atoms with E-state index in [-0.39, 0.29) is 28.6 Å². The minimum atomic E-state index is -0.614. The van der Waals surface area contributed by atoms with Crippen molar-refractivity contribution in [1.82, 2.24) is 5.32 Å². The van der Waals surface area contributed by atoms with Crippen molar-refractivity contribution in [3.8, 4) is 0 Å². The number of carbonyl (C=O) groups is 1. The number of rotatable bonds is 4. The van der Waals surface area contributed by atoms with E-state index in [2.05, 4.69) is 10.6 Å².